The van der Waals surface area contributed by atoms with Crippen molar-refractivity contribution in [2.24, 2.45) is 0 Å². The summed E-state index contributed by atoms with van der Waals surface area (Å²) in [5.74, 6) is 0. The Balaban J connectivity index is 2.22. The van der Waals surface area contributed by atoms with Crippen LogP contribution in [0.25, 0.3) is 22.2 Å². The molecule has 0 radical (unpaired) electrons. The van der Waals surface area contributed by atoms with Crippen molar-refractivity contribution in [3.8, 4) is 11.3 Å². The van der Waals surface area contributed by atoms with Crippen LogP contribution >= 0.6 is 15.9 Å². The molecular weight excluding hydrogens is 274 g/mol. The van der Waals surface area contributed by atoms with Crippen LogP contribution in [0.3, 0.4) is 0 Å². The Kier molecular flexibility index (Phi) is 2.52. The maximum atomic E-state index is 3.50. The highest BCUT2D eigenvalue weighted by molar-refractivity contribution is 9.10. The van der Waals surface area contributed by atoms with E-state index in [1.165, 1.54) is 27.7 Å². The molecule has 0 saturated heterocycles. The molecule has 0 fully saturated rings. The number of benzene rings is 2. The molecule has 84 valence electrons. The van der Waals surface area contributed by atoms with Gasteiger partial charge in [-0.15, -0.1) is 0 Å². The summed E-state index contributed by atoms with van der Waals surface area (Å²) in [5.41, 5.74) is 4.90. The molecule has 17 heavy (non-hydrogen) atoms. The molecule has 0 unspecified atom stereocenters. The van der Waals surface area contributed by atoms with Gasteiger partial charge in [0.15, 0.2) is 0 Å². The number of aryl methyl sites for hydroxylation is 1. The Hall–Kier alpha value is -1.54. The van der Waals surface area contributed by atoms with Crippen LogP contribution in [-0.4, -0.2) is 4.98 Å². The minimum atomic E-state index is 1.11. The number of nitrogens with one attached hydrogen (secondary N) is 1. The van der Waals surface area contributed by atoms with Crippen LogP contribution in [0.4, 0.5) is 0 Å². The average molecular weight is 286 g/mol. The van der Waals surface area contributed by atoms with Crippen LogP contribution in [-0.2, 0) is 0 Å². The lowest BCUT2D eigenvalue weighted by Gasteiger charge is -2.01. The van der Waals surface area contributed by atoms with Gasteiger partial charge in [-0.05, 0) is 36.8 Å². The summed E-state index contributed by atoms with van der Waals surface area (Å²) in [6.45, 7) is 2.14. The first-order chi connectivity index (χ1) is 8.24. The van der Waals surface area contributed by atoms with E-state index in [2.05, 4.69) is 76.4 Å². The van der Waals surface area contributed by atoms with Crippen LogP contribution in [0.2, 0.25) is 0 Å². The van der Waals surface area contributed by atoms with Gasteiger partial charge in [0, 0.05) is 26.6 Å². The summed E-state index contributed by atoms with van der Waals surface area (Å²) in [4.78, 5) is 3.46. The molecule has 3 rings (SSSR count). The third kappa shape index (κ3) is 1.89. The Morgan fingerprint density at radius 3 is 2.65 bits per heavy atom. The van der Waals surface area contributed by atoms with Gasteiger partial charge in [-0.3, -0.25) is 0 Å². The Labute approximate surface area is 109 Å². The van der Waals surface area contributed by atoms with Gasteiger partial charge in [-0.2, -0.15) is 0 Å². The van der Waals surface area contributed by atoms with E-state index in [1.807, 2.05) is 0 Å². The molecule has 0 atom stereocenters. The molecule has 3 aromatic rings. The normalized spacial score (nSPS) is 10.9. The molecule has 0 aliphatic heterocycles. The molecule has 1 heterocycles. The van der Waals surface area contributed by atoms with Gasteiger partial charge in [-0.25, -0.2) is 0 Å². The van der Waals surface area contributed by atoms with Crippen molar-refractivity contribution in [1.29, 1.82) is 0 Å². The van der Waals surface area contributed by atoms with E-state index in [4.69, 9.17) is 0 Å². The van der Waals surface area contributed by atoms with Crippen molar-refractivity contribution >= 4 is 26.8 Å². The van der Waals surface area contributed by atoms with E-state index in [1.54, 1.807) is 0 Å². The van der Waals surface area contributed by atoms with E-state index in [0.717, 1.165) is 4.47 Å². The lowest BCUT2D eigenvalue weighted by Crippen LogP contribution is -1.81. The third-order valence-electron chi connectivity index (χ3n) is 3.02. The maximum absolute atomic E-state index is 3.50. The molecule has 0 aliphatic carbocycles. The minimum absolute atomic E-state index is 1.11. The highest BCUT2D eigenvalue weighted by Crippen LogP contribution is 2.28. The number of aromatic amines is 1. The number of rotatable bonds is 1. The number of H-pyrrole nitrogens is 1. The van der Waals surface area contributed by atoms with E-state index < -0.39 is 0 Å². The molecule has 0 amide bonds. The Morgan fingerprint density at radius 2 is 1.82 bits per heavy atom. The van der Waals surface area contributed by atoms with Gasteiger partial charge in [0.1, 0.15) is 0 Å². The fourth-order valence-corrected chi connectivity index (χ4v) is 2.50. The first-order valence-corrected chi connectivity index (χ1v) is 6.37. The summed E-state index contributed by atoms with van der Waals surface area (Å²) in [6, 6.07) is 16.9. The second kappa shape index (κ2) is 4.04. The molecule has 0 spiro atoms. The second-order valence-corrected chi connectivity index (χ2v) is 5.15. The van der Waals surface area contributed by atoms with Crippen LogP contribution in [0.5, 0.6) is 0 Å². The van der Waals surface area contributed by atoms with Crippen LogP contribution in [0.1, 0.15) is 5.56 Å². The van der Waals surface area contributed by atoms with Gasteiger partial charge in [0.05, 0.1) is 0 Å². The van der Waals surface area contributed by atoms with E-state index in [-0.39, 0.29) is 0 Å². The van der Waals surface area contributed by atoms with Gasteiger partial charge < -0.3 is 4.98 Å². The number of fused-ring (bicyclic) bond motifs is 1. The van der Waals surface area contributed by atoms with Gasteiger partial charge in [0.25, 0.3) is 0 Å². The topological polar surface area (TPSA) is 15.8 Å². The lowest BCUT2D eigenvalue weighted by atomic mass is 10.1. The highest BCUT2D eigenvalue weighted by atomic mass is 79.9. The Morgan fingerprint density at radius 1 is 1.00 bits per heavy atom. The first kappa shape index (κ1) is 10.6. The standard InChI is InChI=1S/C15H12BrN/c1-10-4-2-3-5-13(10)15-9-11-8-12(16)6-7-14(11)17-15/h2-9,17H,1H3. The molecule has 0 bridgehead atoms. The van der Waals surface area contributed by atoms with Crippen molar-refractivity contribution in [2.45, 2.75) is 6.92 Å². The van der Waals surface area contributed by atoms with Crippen LogP contribution < -0.4 is 0 Å². The summed E-state index contributed by atoms with van der Waals surface area (Å²) in [5, 5.41) is 1.23. The number of hydrogen-bond donors (Lipinski definition) is 1. The number of aromatic nitrogens is 1. The zero-order valence-electron chi connectivity index (χ0n) is 9.50. The van der Waals surface area contributed by atoms with Crippen molar-refractivity contribution in [3.05, 3.63) is 58.6 Å². The minimum Gasteiger partial charge on any atom is -0.355 e. The highest BCUT2D eigenvalue weighted by Gasteiger charge is 2.05. The van der Waals surface area contributed by atoms with Crippen molar-refractivity contribution in [1.82, 2.24) is 4.98 Å². The van der Waals surface area contributed by atoms with Crippen molar-refractivity contribution in [3.63, 3.8) is 0 Å². The Bertz CT molecular complexity index is 682. The third-order valence-corrected chi connectivity index (χ3v) is 3.51. The molecule has 1 nitrogen and oxygen atoms in total. The van der Waals surface area contributed by atoms with Crippen LogP contribution in [0, 0.1) is 6.92 Å². The maximum Gasteiger partial charge on any atom is 0.0467 e. The molecule has 0 saturated carbocycles. The van der Waals surface area contributed by atoms with Gasteiger partial charge in [0.2, 0.25) is 0 Å². The summed E-state index contributed by atoms with van der Waals surface area (Å²) in [6.07, 6.45) is 0. The quantitative estimate of drug-likeness (QED) is 0.654. The second-order valence-electron chi connectivity index (χ2n) is 4.23. The molecule has 1 aromatic heterocycles. The van der Waals surface area contributed by atoms with E-state index >= 15 is 0 Å². The smallest absolute Gasteiger partial charge is 0.0467 e. The fraction of sp³-hybridized carbons (Fsp3) is 0.0667. The summed E-state index contributed by atoms with van der Waals surface area (Å²) >= 11 is 3.50. The van der Waals surface area contributed by atoms with Crippen molar-refractivity contribution in [2.75, 3.05) is 0 Å². The molecular formula is C15H12BrN. The van der Waals surface area contributed by atoms with Crippen molar-refractivity contribution < 1.29 is 0 Å². The van der Waals surface area contributed by atoms with Crippen LogP contribution in [0.15, 0.2) is 53.0 Å². The zero-order valence-corrected chi connectivity index (χ0v) is 11.1. The predicted molar refractivity (Wildman–Crippen MR) is 76.2 cm³/mol. The largest absolute Gasteiger partial charge is 0.355 e. The monoisotopic (exact) mass is 285 g/mol. The predicted octanol–water partition coefficient (Wildman–Crippen LogP) is 4.91. The SMILES string of the molecule is Cc1ccccc1-c1cc2cc(Br)ccc2[nH]1. The van der Waals surface area contributed by atoms with E-state index in [0.29, 0.717) is 0 Å². The lowest BCUT2D eigenvalue weighted by molar-refractivity contribution is 1.39. The van der Waals surface area contributed by atoms with E-state index in [9.17, 15) is 0 Å². The summed E-state index contributed by atoms with van der Waals surface area (Å²) in [7, 11) is 0. The summed E-state index contributed by atoms with van der Waals surface area (Å²) < 4.78 is 1.11. The van der Waals surface area contributed by atoms with Gasteiger partial charge in [-0.1, -0.05) is 40.2 Å². The molecule has 1 N–H and O–H groups in total. The molecule has 0 aliphatic rings. The molecule has 2 heteroatoms. The average Bonchev–Trinajstić information content (AvgIpc) is 2.72. The zero-order chi connectivity index (χ0) is 11.8. The fourth-order valence-electron chi connectivity index (χ4n) is 2.12. The van der Waals surface area contributed by atoms with Gasteiger partial charge >= 0.3 is 0 Å². The number of hydrogen-bond acceptors (Lipinski definition) is 0. The number of halogens is 1. The first-order valence-electron chi connectivity index (χ1n) is 5.58. The molecule has 2 aromatic carbocycles.